The minimum absolute atomic E-state index is 0. The van der Waals surface area contributed by atoms with Crippen molar-refractivity contribution in [3.63, 3.8) is 0 Å². The van der Waals surface area contributed by atoms with Gasteiger partial charge in [0, 0.05) is 25.2 Å². The summed E-state index contributed by atoms with van der Waals surface area (Å²) in [5.74, 6) is 0.878. The first kappa shape index (κ1) is 13.4. The van der Waals surface area contributed by atoms with Crippen molar-refractivity contribution in [3.05, 3.63) is 35.4 Å². The van der Waals surface area contributed by atoms with Gasteiger partial charge >= 0.3 is 0 Å². The van der Waals surface area contributed by atoms with E-state index in [0.717, 1.165) is 12.0 Å². The van der Waals surface area contributed by atoms with Crippen LogP contribution in [0.25, 0.3) is 0 Å². The summed E-state index contributed by atoms with van der Waals surface area (Å²) in [7, 11) is 0. The van der Waals surface area contributed by atoms with Crippen molar-refractivity contribution in [1.82, 2.24) is 10.2 Å². The fourth-order valence-corrected chi connectivity index (χ4v) is 3.65. The Morgan fingerprint density at radius 2 is 1.74 bits per heavy atom. The Kier molecular flexibility index (Phi) is 3.84. The molecule has 3 aliphatic rings. The van der Waals surface area contributed by atoms with Gasteiger partial charge in [0.1, 0.15) is 0 Å². The van der Waals surface area contributed by atoms with E-state index in [4.69, 9.17) is 0 Å². The van der Waals surface area contributed by atoms with E-state index in [1.165, 1.54) is 45.3 Å². The molecule has 19 heavy (non-hydrogen) atoms. The van der Waals surface area contributed by atoms with Crippen LogP contribution in [0.2, 0.25) is 0 Å². The van der Waals surface area contributed by atoms with Crippen LogP contribution in [0, 0.1) is 0 Å². The first-order valence-corrected chi connectivity index (χ1v) is 7.49. The van der Waals surface area contributed by atoms with E-state index in [0.29, 0.717) is 6.04 Å². The Morgan fingerprint density at radius 3 is 2.37 bits per heavy atom. The normalized spacial score (nSPS) is 27.9. The molecule has 0 amide bonds. The summed E-state index contributed by atoms with van der Waals surface area (Å²) in [6.45, 7) is 3.69. The highest BCUT2D eigenvalue weighted by Gasteiger charge is 2.37. The maximum Gasteiger partial charge on any atom is 0.0355 e. The van der Waals surface area contributed by atoms with Gasteiger partial charge in [-0.05, 0) is 49.3 Å². The molecule has 0 aromatic heterocycles. The lowest BCUT2D eigenvalue weighted by molar-refractivity contribution is 0.131. The Labute approximate surface area is 122 Å². The maximum absolute atomic E-state index is 3.42. The van der Waals surface area contributed by atoms with Crippen LogP contribution >= 0.6 is 12.4 Å². The molecule has 1 N–H and O–H groups in total. The Bertz CT molecular complexity index is 440. The minimum atomic E-state index is 0. The molecule has 1 unspecified atom stereocenters. The number of hydrogen-bond acceptors (Lipinski definition) is 2. The van der Waals surface area contributed by atoms with Gasteiger partial charge in [-0.3, -0.25) is 4.90 Å². The maximum atomic E-state index is 3.42. The SMILES string of the molecule is Cl.c1ccc(C2CCCN2C2CNC2)c(C2CC2)c1. The molecule has 0 radical (unpaired) electrons. The van der Waals surface area contributed by atoms with Gasteiger partial charge in [0.25, 0.3) is 0 Å². The number of likely N-dealkylation sites (tertiary alicyclic amines) is 1. The number of nitrogens with one attached hydrogen (secondary N) is 1. The molecule has 0 bridgehead atoms. The summed E-state index contributed by atoms with van der Waals surface area (Å²) in [6.07, 6.45) is 5.56. The van der Waals surface area contributed by atoms with Crippen LogP contribution in [-0.2, 0) is 0 Å². The van der Waals surface area contributed by atoms with Gasteiger partial charge in [-0.1, -0.05) is 24.3 Å². The molecule has 2 aliphatic heterocycles. The van der Waals surface area contributed by atoms with Gasteiger partial charge in [-0.2, -0.15) is 0 Å². The van der Waals surface area contributed by atoms with Crippen LogP contribution in [0.1, 0.15) is 48.8 Å². The third-order valence-electron chi connectivity index (χ3n) is 4.90. The molecule has 1 aromatic carbocycles. The summed E-state index contributed by atoms with van der Waals surface area (Å²) < 4.78 is 0. The highest BCUT2D eigenvalue weighted by molar-refractivity contribution is 5.85. The molecular formula is C16H23ClN2. The van der Waals surface area contributed by atoms with Crippen molar-refractivity contribution in [3.8, 4) is 0 Å². The first-order valence-electron chi connectivity index (χ1n) is 7.49. The molecule has 1 aromatic rings. The summed E-state index contributed by atoms with van der Waals surface area (Å²) >= 11 is 0. The molecule has 2 nitrogen and oxygen atoms in total. The highest BCUT2D eigenvalue weighted by atomic mass is 35.5. The predicted octanol–water partition coefficient (Wildman–Crippen LogP) is 3.09. The van der Waals surface area contributed by atoms with E-state index in [1.807, 2.05) is 0 Å². The summed E-state index contributed by atoms with van der Waals surface area (Å²) in [4.78, 5) is 2.76. The molecule has 2 saturated heterocycles. The number of hydrogen-bond donors (Lipinski definition) is 1. The van der Waals surface area contributed by atoms with Crippen LogP contribution in [-0.4, -0.2) is 30.6 Å². The van der Waals surface area contributed by atoms with Gasteiger partial charge < -0.3 is 5.32 Å². The molecule has 1 aliphatic carbocycles. The van der Waals surface area contributed by atoms with Gasteiger partial charge in [-0.25, -0.2) is 0 Å². The predicted molar refractivity (Wildman–Crippen MR) is 81.0 cm³/mol. The average Bonchev–Trinajstić information content (AvgIpc) is 3.08. The molecule has 3 heteroatoms. The van der Waals surface area contributed by atoms with E-state index in [9.17, 15) is 0 Å². The van der Waals surface area contributed by atoms with E-state index >= 15 is 0 Å². The second-order valence-corrected chi connectivity index (χ2v) is 6.11. The standard InChI is InChI=1S/C16H22N2.ClH/c1-2-5-15(14(4-1)12-7-8-12)16-6-3-9-18(16)13-10-17-11-13;/h1-2,4-5,12-13,16-17H,3,6-11H2;1H. The zero-order valence-corrected chi connectivity index (χ0v) is 12.2. The molecule has 2 heterocycles. The number of rotatable bonds is 3. The summed E-state index contributed by atoms with van der Waals surface area (Å²) in [6, 6.07) is 10.7. The zero-order chi connectivity index (χ0) is 11.9. The summed E-state index contributed by atoms with van der Waals surface area (Å²) in [5, 5.41) is 3.42. The third kappa shape index (κ3) is 2.42. The second-order valence-electron chi connectivity index (χ2n) is 6.11. The van der Waals surface area contributed by atoms with E-state index < -0.39 is 0 Å². The van der Waals surface area contributed by atoms with Crippen LogP contribution in [0.15, 0.2) is 24.3 Å². The number of halogens is 1. The van der Waals surface area contributed by atoms with Crippen molar-refractivity contribution < 1.29 is 0 Å². The lowest BCUT2D eigenvalue weighted by Crippen LogP contribution is -2.56. The van der Waals surface area contributed by atoms with Gasteiger partial charge in [-0.15, -0.1) is 12.4 Å². The van der Waals surface area contributed by atoms with Crippen molar-refractivity contribution in [2.24, 2.45) is 0 Å². The van der Waals surface area contributed by atoms with Crippen LogP contribution in [0.4, 0.5) is 0 Å². The molecular weight excluding hydrogens is 256 g/mol. The largest absolute Gasteiger partial charge is 0.314 e. The van der Waals surface area contributed by atoms with Gasteiger partial charge in [0.2, 0.25) is 0 Å². The fraction of sp³-hybridized carbons (Fsp3) is 0.625. The molecule has 4 rings (SSSR count). The Morgan fingerprint density at radius 1 is 1.00 bits per heavy atom. The lowest BCUT2D eigenvalue weighted by Gasteiger charge is -2.40. The van der Waals surface area contributed by atoms with Gasteiger partial charge in [0.05, 0.1) is 0 Å². The first-order chi connectivity index (χ1) is 8.93. The van der Waals surface area contributed by atoms with Gasteiger partial charge in [0.15, 0.2) is 0 Å². The van der Waals surface area contributed by atoms with Crippen molar-refractivity contribution in [1.29, 1.82) is 0 Å². The monoisotopic (exact) mass is 278 g/mol. The smallest absolute Gasteiger partial charge is 0.0355 e. The third-order valence-corrected chi connectivity index (χ3v) is 4.90. The topological polar surface area (TPSA) is 15.3 Å². The van der Waals surface area contributed by atoms with Crippen LogP contribution in [0.3, 0.4) is 0 Å². The highest BCUT2D eigenvalue weighted by Crippen LogP contribution is 2.46. The van der Waals surface area contributed by atoms with Crippen molar-refractivity contribution in [2.45, 2.75) is 43.7 Å². The van der Waals surface area contributed by atoms with E-state index in [1.54, 1.807) is 11.1 Å². The summed E-state index contributed by atoms with van der Waals surface area (Å²) in [5.41, 5.74) is 3.30. The quantitative estimate of drug-likeness (QED) is 0.914. The van der Waals surface area contributed by atoms with Crippen molar-refractivity contribution in [2.75, 3.05) is 19.6 Å². The zero-order valence-electron chi connectivity index (χ0n) is 11.3. The molecule has 1 atom stereocenters. The number of nitrogens with zero attached hydrogens (tertiary/aromatic N) is 1. The second kappa shape index (κ2) is 5.43. The fourth-order valence-electron chi connectivity index (χ4n) is 3.65. The minimum Gasteiger partial charge on any atom is -0.314 e. The van der Waals surface area contributed by atoms with E-state index in [-0.39, 0.29) is 12.4 Å². The van der Waals surface area contributed by atoms with E-state index in [2.05, 4.69) is 34.5 Å². The van der Waals surface area contributed by atoms with Crippen LogP contribution < -0.4 is 5.32 Å². The molecule has 0 spiro atoms. The van der Waals surface area contributed by atoms with Crippen LogP contribution in [0.5, 0.6) is 0 Å². The lowest BCUT2D eigenvalue weighted by atomic mass is 9.94. The van der Waals surface area contributed by atoms with Crippen molar-refractivity contribution >= 4 is 12.4 Å². The Hall–Kier alpha value is -0.570. The molecule has 104 valence electrons. The molecule has 3 fully saturated rings. The number of benzene rings is 1. The average molecular weight is 279 g/mol. The molecule has 1 saturated carbocycles. The Balaban J connectivity index is 0.00000110.